The van der Waals surface area contributed by atoms with Gasteiger partial charge in [-0.3, -0.25) is 0 Å². The first kappa shape index (κ1) is 40.6. The number of likely N-dealkylation sites (N-methyl/N-ethyl adjacent to an activating group) is 4. The van der Waals surface area contributed by atoms with E-state index in [0.717, 1.165) is 84.7 Å². The van der Waals surface area contributed by atoms with Crippen LogP contribution in [0.1, 0.15) is 19.3 Å². The molecule has 0 aromatic heterocycles. The highest BCUT2D eigenvalue weighted by molar-refractivity contribution is 5.76. The largest absolute Gasteiger partial charge is 0.449 e. The fourth-order valence-electron chi connectivity index (χ4n) is 4.26. The van der Waals surface area contributed by atoms with Crippen molar-refractivity contribution in [2.45, 2.75) is 19.3 Å². The molecule has 6 fully saturated rings. The van der Waals surface area contributed by atoms with Gasteiger partial charge in [0.05, 0.1) is 13.2 Å². The number of ether oxygens (including phenoxy) is 2. The first-order valence-corrected chi connectivity index (χ1v) is 15.8. The third-order valence-electron chi connectivity index (χ3n) is 7.57. The molecule has 0 atom stereocenters. The lowest BCUT2D eigenvalue weighted by atomic mass is 10.3. The van der Waals surface area contributed by atoms with Crippen LogP contribution < -0.4 is 10.6 Å². The van der Waals surface area contributed by atoms with Gasteiger partial charge in [0.15, 0.2) is 0 Å². The Morgan fingerprint density at radius 2 is 0.809 bits per heavy atom. The molecule has 47 heavy (non-hydrogen) atoms. The summed E-state index contributed by atoms with van der Waals surface area (Å²) in [6.07, 6.45) is 2.72. The summed E-state index contributed by atoms with van der Waals surface area (Å²) >= 11 is 0. The Kier molecular flexibility index (Phi) is 18.5. The molecule has 0 spiro atoms. The van der Waals surface area contributed by atoms with E-state index in [1.165, 1.54) is 0 Å². The van der Waals surface area contributed by atoms with Crippen LogP contribution in [-0.2, 0) is 9.47 Å². The number of cyclic esters (lactones) is 2. The lowest BCUT2D eigenvalue weighted by Crippen LogP contribution is -2.44. The minimum absolute atomic E-state index is 0.0417. The Labute approximate surface area is 278 Å². The van der Waals surface area contributed by atoms with Gasteiger partial charge in [0, 0.05) is 115 Å². The van der Waals surface area contributed by atoms with Crippen LogP contribution in [0.3, 0.4) is 0 Å². The molecule has 270 valence electrons. The van der Waals surface area contributed by atoms with Gasteiger partial charge in [-0.15, -0.1) is 0 Å². The summed E-state index contributed by atoms with van der Waals surface area (Å²) in [4.78, 5) is 76.9. The SMILES string of the molecule is CN1CCCN(C)C1=O.CN1CCCNC1=O.CN1CCCOC1=O.CN1CCN(C)C1=O.CN1CCNC1=O.CN1CCOC1=O. The van der Waals surface area contributed by atoms with Gasteiger partial charge < -0.3 is 59.3 Å². The second-order valence-electron chi connectivity index (χ2n) is 11.7. The molecule has 6 heterocycles. The monoisotopic (exact) mass is 672 g/mol. The molecule has 0 aromatic rings. The number of nitrogens with one attached hydrogen (secondary N) is 2. The van der Waals surface area contributed by atoms with Gasteiger partial charge in [0.2, 0.25) is 0 Å². The molecule has 0 saturated carbocycles. The quantitative estimate of drug-likeness (QED) is 0.376. The van der Waals surface area contributed by atoms with Crippen molar-refractivity contribution in [1.29, 1.82) is 0 Å². The number of rotatable bonds is 0. The zero-order chi connectivity index (χ0) is 35.5. The summed E-state index contributed by atoms with van der Waals surface area (Å²) in [5.41, 5.74) is 0. The first-order chi connectivity index (χ1) is 22.1. The van der Waals surface area contributed by atoms with Crippen molar-refractivity contribution in [2.24, 2.45) is 0 Å². The van der Waals surface area contributed by atoms with Gasteiger partial charge in [0.25, 0.3) is 0 Å². The van der Waals surface area contributed by atoms with E-state index in [2.05, 4.69) is 20.1 Å². The summed E-state index contributed by atoms with van der Waals surface area (Å²) in [5, 5.41) is 5.38. The highest BCUT2D eigenvalue weighted by Gasteiger charge is 2.21. The highest BCUT2D eigenvalue weighted by Crippen LogP contribution is 2.03. The van der Waals surface area contributed by atoms with E-state index in [1.807, 2.05) is 28.2 Å². The molecule has 18 heteroatoms. The fourth-order valence-corrected chi connectivity index (χ4v) is 4.26. The van der Waals surface area contributed by atoms with Crippen molar-refractivity contribution < 1.29 is 38.2 Å². The van der Waals surface area contributed by atoms with Crippen LogP contribution >= 0.6 is 0 Å². The number of hydrogen-bond acceptors (Lipinski definition) is 8. The van der Waals surface area contributed by atoms with Crippen LogP contribution in [0.25, 0.3) is 0 Å². The molecule has 6 aliphatic heterocycles. The summed E-state index contributed by atoms with van der Waals surface area (Å²) < 4.78 is 9.23. The minimum Gasteiger partial charge on any atom is -0.449 e. The van der Waals surface area contributed by atoms with Crippen molar-refractivity contribution in [2.75, 3.05) is 135 Å². The number of amides is 10. The Morgan fingerprint density at radius 1 is 0.404 bits per heavy atom. The molecule has 6 aliphatic rings. The smallest absolute Gasteiger partial charge is 0.409 e. The van der Waals surface area contributed by atoms with Gasteiger partial charge in [0.1, 0.15) is 6.61 Å². The standard InChI is InChI=1S/C6H12N2O.2C5H10N2O.C5H9NO2.C4H8N2O.C4H7NO2/c1-7-4-3-5-8(2)6(7)9;1-6-3-4-7(2)5(6)8;1-7-4-2-3-6-5(7)8;1-6-3-2-4-8-5(6)7;1-6-3-2-5-4(6)7;1-5-2-3-7-4(5)6/h3-5H2,1-2H3;3-4H2,1-2H3;2-4H2,1H3,(H,6,8);2-4H2,1H3;2-3H2,1H3,(H,5,7);2-3H2,1H3. The molecule has 0 bridgehead atoms. The van der Waals surface area contributed by atoms with Crippen molar-refractivity contribution in [3.05, 3.63) is 0 Å². The zero-order valence-electron chi connectivity index (χ0n) is 29.5. The Balaban J connectivity index is 0.000000283. The number of urea groups is 4. The molecule has 10 amide bonds. The molecule has 18 nitrogen and oxygen atoms in total. The van der Waals surface area contributed by atoms with Crippen molar-refractivity contribution in [3.63, 3.8) is 0 Å². The van der Waals surface area contributed by atoms with E-state index in [1.54, 1.807) is 67.4 Å². The number of nitrogens with zero attached hydrogens (tertiary/aromatic N) is 8. The lowest BCUT2D eigenvalue weighted by Gasteiger charge is -2.30. The summed E-state index contributed by atoms with van der Waals surface area (Å²) in [5.74, 6) is 0. The van der Waals surface area contributed by atoms with E-state index >= 15 is 0 Å². The molecule has 0 aromatic carbocycles. The van der Waals surface area contributed by atoms with Crippen LogP contribution in [0.15, 0.2) is 0 Å². The molecule has 0 unspecified atom stereocenters. The average molecular weight is 673 g/mol. The number of carbonyl (C=O) groups excluding carboxylic acids is 6. The second-order valence-corrected chi connectivity index (χ2v) is 11.7. The van der Waals surface area contributed by atoms with Gasteiger partial charge in [-0.05, 0) is 19.3 Å². The molecular formula is C29H56N10O8. The first-order valence-electron chi connectivity index (χ1n) is 15.8. The van der Waals surface area contributed by atoms with Crippen molar-refractivity contribution in [1.82, 2.24) is 49.8 Å². The molecular weight excluding hydrogens is 616 g/mol. The molecule has 2 N–H and O–H groups in total. The maximum Gasteiger partial charge on any atom is 0.409 e. The summed E-state index contributed by atoms with van der Waals surface area (Å²) in [7, 11) is 14.3. The molecule has 0 aliphatic carbocycles. The highest BCUT2D eigenvalue weighted by atomic mass is 16.6. The maximum absolute atomic E-state index is 11.0. The average Bonchev–Trinajstić information content (AvgIpc) is 3.71. The predicted octanol–water partition coefficient (Wildman–Crippen LogP) is 0.557. The molecule has 0 radical (unpaired) electrons. The van der Waals surface area contributed by atoms with E-state index < -0.39 is 0 Å². The number of carbonyl (C=O) groups is 6. The second kappa shape index (κ2) is 21.4. The Hall–Kier alpha value is -4.38. The van der Waals surface area contributed by atoms with E-state index in [4.69, 9.17) is 0 Å². The van der Waals surface area contributed by atoms with Crippen LogP contribution in [0, 0.1) is 0 Å². The number of hydrogen-bond donors (Lipinski definition) is 2. The summed E-state index contributed by atoms with van der Waals surface area (Å²) in [6, 6.07) is 0.363. The van der Waals surface area contributed by atoms with Crippen LogP contribution in [0.5, 0.6) is 0 Å². The lowest BCUT2D eigenvalue weighted by molar-refractivity contribution is 0.0831. The third kappa shape index (κ3) is 15.6. The molecule has 6 rings (SSSR count). The Morgan fingerprint density at radius 3 is 1.06 bits per heavy atom. The third-order valence-corrected chi connectivity index (χ3v) is 7.57. The van der Waals surface area contributed by atoms with E-state index in [9.17, 15) is 28.8 Å². The Bertz CT molecular complexity index is 957. The molecule has 6 saturated heterocycles. The fraction of sp³-hybridized carbons (Fsp3) is 0.793. The normalized spacial score (nSPS) is 20.5. The zero-order valence-corrected chi connectivity index (χ0v) is 29.5. The van der Waals surface area contributed by atoms with E-state index in [-0.39, 0.29) is 36.3 Å². The van der Waals surface area contributed by atoms with Crippen molar-refractivity contribution >= 4 is 36.3 Å². The van der Waals surface area contributed by atoms with Gasteiger partial charge >= 0.3 is 36.3 Å². The van der Waals surface area contributed by atoms with Crippen LogP contribution in [-0.4, -0.2) is 211 Å². The van der Waals surface area contributed by atoms with Crippen LogP contribution in [0.2, 0.25) is 0 Å². The predicted molar refractivity (Wildman–Crippen MR) is 175 cm³/mol. The topological polar surface area (TPSA) is 171 Å². The van der Waals surface area contributed by atoms with Crippen LogP contribution in [0.4, 0.5) is 28.8 Å². The van der Waals surface area contributed by atoms with Gasteiger partial charge in [-0.1, -0.05) is 0 Å². The summed E-state index contributed by atoms with van der Waals surface area (Å²) in [6.45, 7) is 9.64. The minimum atomic E-state index is -0.208. The van der Waals surface area contributed by atoms with E-state index in [0.29, 0.717) is 13.2 Å². The van der Waals surface area contributed by atoms with Crippen molar-refractivity contribution in [3.8, 4) is 0 Å². The maximum atomic E-state index is 11.0. The van der Waals surface area contributed by atoms with Gasteiger partial charge in [-0.25, -0.2) is 28.8 Å². The van der Waals surface area contributed by atoms with Gasteiger partial charge in [-0.2, -0.15) is 0 Å².